The van der Waals surface area contributed by atoms with Crippen LogP contribution in [0, 0.1) is 0 Å². The average molecular weight is 404 g/mol. The summed E-state index contributed by atoms with van der Waals surface area (Å²) in [4.78, 5) is 0.284. The minimum atomic E-state index is -3.20. The normalized spacial score (nSPS) is 11.9. The van der Waals surface area contributed by atoms with Gasteiger partial charge in [0.05, 0.1) is 10.6 Å². The third-order valence-electron chi connectivity index (χ3n) is 4.06. The molecule has 0 heterocycles. The predicted molar refractivity (Wildman–Crippen MR) is 116 cm³/mol. The molecule has 2 aromatic rings. The van der Waals surface area contributed by atoms with E-state index in [1.807, 2.05) is 19.1 Å². The van der Waals surface area contributed by atoms with Crippen molar-refractivity contribution in [1.29, 1.82) is 0 Å². The van der Waals surface area contributed by atoms with Crippen molar-refractivity contribution in [2.75, 3.05) is 11.6 Å². The molecular weight excluding hydrogens is 378 g/mol. The van der Waals surface area contributed by atoms with Crippen molar-refractivity contribution in [1.82, 2.24) is 5.43 Å². The number of nitrogens with zero attached hydrogens (tertiary/aromatic N) is 1. The van der Waals surface area contributed by atoms with Gasteiger partial charge in [0, 0.05) is 11.9 Å². The molecule has 2 N–H and O–H groups in total. The summed E-state index contributed by atoms with van der Waals surface area (Å²) in [5.74, 6) is 0. The topological polar surface area (TPSA) is 70.6 Å². The molecule has 2 aromatic carbocycles. The number of aryl methyl sites for hydroxylation is 1. The van der Waals surface area contributed by atoms with Crippen LogP contribution in [0.1, 0.15) is 37.8 Å². The molecule has 0 atom stereocenters. The monoisotopic (exact) mass is 403 g/mol. The van der Waals surface area contributed by atoms with E-state index < -0.39 is 9.84 Å². The second-order valence-corrected chi connectivity index (χ2v) is 8.78. The summed E-state index contributed by atoms with van der Waals surface area (Å²) in [5, 5.41) is 7.74. The van der Waals surface area contributed by atoms with E-state index in [0.717, 1.165) is 17.7 Å². The molecular formula is C20H25N3O2S2. The SMILES string of the molecule is CCCCc1ccc(NC(=S)N/N=C(/C)c2ccc(S(C)(=O)=O)cc2)cc1. The van der Waals surface area contributed by atoms with Gasteiger partial charge in [-0.3, -0.25) is 5.43 Å². The molecule has 0 spiro atoms. The summed E-state index contributed by atoms with van der Waals surface area (Å²) in [6.07, 6.45) is 4.64. The fourth-order valence-electron chi connectivity index (χ4n) is 2.44. The molecule has 0 aliphatic heterocycles. The van der Waals surface area contributed by atoms with E-state index in [0.29, 0.717) is 10.8 Å². The fraction of sp³-hybridized carbons (Fsp3) is 0.300. The molecule has 0 amide bonds. The Hall–Kier alpha value is -2.25. The van der Waals surface area contributed by atoms with Crippen molar-refractivity contribution >= 4 is 38.6 Å². The maximum absolute atomic E-state index is 11.5. The summed E-state index contributed by atoms with van der Waals surface area (Å²) < 4.78 is 23.0. The van der Waals surface area contributed by atoms with Gasteiger partial charge < -0.3 is 5.32 Å². The molecule has 0 aliphatic rings. The molecule has 27 heavy (non-hydrogen) atoms. The number of hydrazone groups is 1. The van der Waals surface area contributed by atoms with Crippen LogP contribution in [0.3, 0.4) is 0 Å². The van der Waals surface area contributed by atoms with E-state index in [1.54, 1.807) is 24.3 Å². The van der Waals surface area contributed by atoms with Gasteiger partial charge in [-0.25, -0.2) is 8.42 Å². The number of nitrogens with one attached hydrogen (secondary N) is 2. The minimum absolute atomic E-state index is 0.284. The molecule has 0 radical (unpaired) electrons. The van der Waals surface area contributed by atoms with E-state index in [4.69, 9.17) is 12.2 Å². The lowest BCUT2D eigenvalue weighted by molar-refractivity contribution is 0.602. The molecule has 144 valence electrons. The average Bonchev–Trinajstić information content (AvgIpc) is 2.65. The Labute approximate surface area is 166 Å². The van der Waals surface area contributed by atoms with Gasteiger partial charge in [-0.1, -0.05) is 37.6 Å². The summed E-state index contributed by atoms with van der Waals surface area (Å²) in [7, 11) is -3.20. The molecule has 0 saturated carbocycles. The maximum atomic E-state index is 11.5. The lowest BCUT2D eigenvalue weighted by atomic mass is 10.1. The summed E-state index contributed by atoms with van der Waals surface area (Å²) in [5.41, 5.74) is 6.55. The second kappa shape index (κ2) is 9.62. The smallest absolute Gasteiger partial charge is 0.191 e. The number of rotatable bonds is 7. The van der Waals surface area contributed by atoms with Crippen molar-refractivity contribution in [2.24, 2.45) is 5.10 Å². The zero-order chi connectivity index (χ0) is 19.9. The molecule has 0 saturated heterocycles. The Morgan fingerprint density at radius 2 is 1.70 bits per heavy atom. The van der Waals surface area contributed by atoms with Gasteiger partial charge in [-0.15, -0.1) is 0 Å². The standard InChI is InChI=1S/C20H25N3O2S2/c1-4-5-6-16-7-11-18(12-8-16)21-20(26)23-22-15(2)17-9-13-19(14-10-17)27(3,24)25/h7-14H,4-6H2,1-3H3,(H2,21,23,26)/b22-15-. The van der Waals surface area contributed by atoms with E-state index in [-0.39, 0.29) is 4.90 Å². The Balaban J connectivity index is 1.93. The first-order valence-electron chi connectivity index (χ1n) is 8.80. The van der Waals surface area contributed by atoms with E-state index >= 15 is 0 Å². The fourth-order valence-corrected chi connectivity index (χ4v) is 3.23. The number of sulfone groups is 1. The number of thiocarbonyl (C=S) groups is 1. The molecule has 0 unspecified atom stereocenters. The first kappa shape index (κ1) is 21.1. The van der Waals surface area contributed by atoms with E-state index in [2.05, 4.69) is 34.9 Å². The number of anilines is 1. The van der Waals surface area contributed by atoms with Crippen molar-refractivity contribution in [2.45, 2.75) is 38.0 Å². The van der Waals surface area contributed by atoms with Gasteiger partial charge in [0.25, 0.3) is 0 Å². The summed E-state index contributed by atoms with van der Waals surface area (Å²) in [6.45, 7) is 4.01. The van der Waals surface area contributed by atoms with Crippen LogP contribution in [-0.4, -0.2) is 25.5 Å². The highest BCUT2D eigenvalue weighted by Crippen LogP contribution is 2.12. The van der Waals surface area contributed by atoms with Gasteiger partial charge in [0.1, 0.15) is 0 Å². The Morgan fingerprint density at radius 1 is 1.07 bits per heavy atom. The van der Waals surface area contributed by atoms with Crippen molar-refractivity contribution < 1.29 is 8.42 Å². The Morgan fingerprint density at radius 3 is 2.26 bits per heavy atom. The Kier molecular flexibility index (Phi) is 7.50. The van der Waals surface area contributed by atoms with Gasteiger partial charge in [-0.05, 0) is 67.4 Å². The van der Waals surface area contributed by atoms with Crippen LogP contribution in [0.5, 0.6) is 0 Å². The van der Waals surface area contributed by atoms with Gasteiger partial charge in [0.15, 0.2) is 14.9 Å². The first-order valence-corrected chi connectivity index (χ1v) is 11.1. The van der Waals surface area contributed by atoms with Crippen LogP contribution in [0.2, 0.25) is 0 Å². The third-order valence-corrected chi connectivity index (χ3v) is 5.38. The van der Waals surface area contributed by atoms with E-state index in [9.17, 15) is 8.42 Å². The van der Waals surface area contributed by atoms with Crippen molar-refractivity contribution in [3.63, 3.8) is 0 Å². The minimum Gasteiger partial charge on any atom is -0.331 e. The van der Waals surface area contributed by atoms with Crippen LogP contribution in [0.25, 0.3) is 0 Å². The first-order chi connectivity index (χ1) is 12.8. The van der Waals surface area contributed by atoms with Crippen molar-refractivity contribution in [3.8, 4) is 0 Å². The number of benzene rings is 2. The highest BCUT2D eigenvalue weighted by Gasteiger charge is 2.07. The molecule has 7 heteroatoms. The number of hydrogen-bond donors (Lipinski definition) is 2. The van der Waals surface area contributed by atoms with Crippen molar-refractivity contribution in [3.05, 3.63) is 59.7 Å². The quantitative estimate of drug-likeness (QED) is 0.413. The molecule has 0 aliphatic carbocycles. The number of unbranched alkanes of at least 4 members (excludes halogenated alkanes) is 1. The largest absolute Gasteiger partial charge is 0.331 e. The zero-order valence-corrected chi connectivity index (χ0v) is 17.5. The molecule has 0 fully saturated rings. The summed E-state index contributed by atoms with van der Waals surface area (Å²) >= 11 is 5.27. The zero-order valence-electron chi connectivity index (χ0n) is 15.8. The van der Waals surface area contributed by atoms with Crippen LogP contribution in [0.4, 0.5) is 5.69 Å². The van der Waals surface area contributed by atoms with Gasteiger partial charge in [0.2, 0.25) is 0 Å². The van der Waals surface area contributed by atoms with Crippen LogP contribution < -0.4 is 10.7 Å². The third kappa shape index (κ3) is 6.77. The van der Waals surface area contributed by atoms with Gasteiger partial charge in [-0.2, -0.15) is 5.10 Å². The number of hydrogen-bond acceptors (Lipinski definition) is 4. The highest BCUT2D eigenvalue weighted by molar-refractivity contribution is 7.90. The molecule has 5 nitrogen and oxygen atoms in total. The van der Waals surface area contributed by atoms with E-state index in [1.165, 1.54) is 24.7 Å². The van der Waals surface area contributed by atoms with Crippen LogP contribution in [-0.2, 0) is 16.3 Å². The van der Waals surface area contributed by atoms with Crippen LogP contribution in [0.15, 0.2) is 58.5 Å². The molecule has 0 aromatic heterocycles. The lowest BCUT2D eigenvalue weighted by Gasteiger charge is -2.09. The highest BCUT2D eigenvalue weighted by atomic mass is 32.2. The second-order valence-electron chi connectivity index (χ2n) is 6.36. The Bertz CT molecular complexity index is 903. The summed E-state index contributed by atoms with van der Waals surface area (Å²) in [6, 6.07) is 14.8. The maximum Gasteiger partial charge on any atom is 0.191 e. The lowest BCUT2D eigenvalue weighted by Crippen LogP contribution is -2.24. The van der Waals surface area contributed by atoms with Gasteiger partial charge >= 0.3 is 0 Å². The molecule has 2 rings (SSSR count). The predicted octanol–water partition coefficient (Wildman–Crippen LogP) is 4.14. The van der Waals surface area contributed by atoms with Crippen LogP contribution >= 0.6 is 12.2 Å². The molecule has 0 bridgehead atoms.